The van der Waals surface area contributed by atoms with Gasteiger partial charge in [0.2, 0.25) is 5.91 Å². The van der Waals surface area contributed by atoms with Crippen LogP contribution in [0.3, 0.4) is 0 Å². The number of H-pyrrole nitrogens is 1. The van der Waals surface area contributed by atoms with Crippen LogP contribution in [-0.4, -0.2) is 33.2 Å². The number of hydrogen-bond donors (Lipinski definition) is 2. The molecule has 0 unspecified atom stereocenters. The third-order valence-electron chi connectivity index (χ3n) is 4.55. The second kappa shape index (κ2) is 6.95. The average molecular weight is 349 g/mol. The van der Waals surface area contributed by atoms with E-state index in [-0.39, 0.29) is 17.7 Å². The zero-order valence-electron chi connectivity index (χ0n) is 14.3. The monoisotopic (exact) mass is 349 g/mol. The fourth-order valence-corrected chi connectivity index (χ4v) is 2.99. The lowest BCUT2D eigenvalue weighted by molar-refractivity contribution is -0.122. The molecule has 132 valence electrons. The van der Waals surface area contributed by atoms with E-state index in [9.17, 15) is 4.79 Å². The van der Waals surface area contributed by atoms with E-state index in [0.29, 0.717) is 18.2 Å². The van der Waals surface area contributed by atoms with Crippen molar-refractivity contribution in [2.45, 2.75) is 18.9 Å². The summed E-state index contributed by atoms with van der Waals surface area (Å²) in [6.07, 6.45) is 4.44. The summed E-state index contributed by atoms with van der Waals surface area (Å²) < 4.78 is 5.14. The Morgan fingerprint density at radius 2 is 2.15 bits per heavy atom. The molecule has 0 saturated heterocycles. The van der Waals surface area contributed by atoms with Crippen LogP contribution in [0.5, 0.6) is 5.75 Å². The number of pyridine rings is 1. The number of benzene rings is 1. The van der Waals surface area contributed by atoms with Crippen LogP contribution in [-0.2, 0) is 11.3 Å². The molecular formula is C19H19N5O2. The van der Waals surface area contributed by atoms with Gasteiger partial charge in [-0.1, -0.05) is 6.07 Å². The molecule has 2 aromatic heterocycles. The van der Waals surface area contributed by atoms with Crippen molar-refractivity contribution in [3.63, 3.8) is 0 Å². The maximum atomic E-state index is 12.3. The molecule has 7 nitrogen and oxygen atoms in total. The first-order valence-corrected chi connectivity index (χ1v) is 8.48. The second-order valence-electron chi connectivity index (χ2n) is 6.29. The highest BCUT2D eigenvalue weighted by Gasteiger charge is 2.43. The van der Waals surface area contributed by atoms with Crippen LogP contribution in [0.1, 0.15) is 23.7 Å². The standard InChI is InChI=1S/C19H19N5O2/c1-26-14-6-4-12(5-7-14)18-22-17(23-24-18)11-21-19(25)16-9-15(16)13-3-2-8-20-10-13/h2-8,10,15-16H,9,11H2,1H3,(H,21,25)(H,22,23,24)/t15-,16-/m0/s1. The van der Waals surface area contributed by atoms with E-state index >= 15 is 0 Å². The fraction of sp³-hybridized carbons (Fsp3) is 0.263. The normalized spacial score (nSPS) is 18.3. The van der Waals surface area contributed by atoms with E-state index in [1.165, 1.54) is 0 Å². The number of ether oxygens (including phenoxy) is 1. The largest absolute Gasteiger partial charge is 0.497 e. The Labute approximate surface area is 150 Å². The molecule has 1 saturated carbocycles. The van der Waals surface area contributed by atoms with Crippen LogP contribution in [0.15, 0.2) is 48.8 Å². The van der Waals surface area contributed by atoms with E-state index in [4.69, 9.17) is 4.74 Å². The number of hydrogen-bond acceptors (Lipinski definition) is 5. The number of nitrogens with one attached hydrogen (secondary N) is 2. The van der Waals surface area contributed by atoms with Crippen LogP contribution < -0.4 is 10.1 Å². The van der Waals surface area contributed by atoms with Gasteiger partial charge in [0.15, 0.2) is 5.82 Å². The van der Waals surface area contributed by atoms with Gasteiger partial charge in [0.05, 0.1) is 13.7 Å². The number of amides is 1. The highest BCUT2D eigenvalue weighted by molar-refractivity contribution is 5.82. The Balaban J connectivity index is 1.33. The van der Waals surface area contributed by atoms with Crippen molar-refractivity contribution in [1.82, 2.24) is 25.5 Å². The van der Waals surface area contributed by atoms with E-state index in [1.54, 1.807) is 13.3 Å². The van der Waals surface area contributed by atoms with Gasteiger partial charge in [0.25, 0.3) is 0 Å². The summed E-state index contributed by atoms with van der Waals surface area (Å²) in [4.78, 5) is 20.8. The first kappa shape index (κ1) is 16.3. The van der Waals surface area contributed by atoms with E-state index < -0.39 is 0 Å². The quantitative estimate of drug-likeness (QED) is 0.712. The van der Waals surface area contributed by atoms with Gasteiger partial charge in [0, 0.05) is 23.9 Å². The molecule has 0 bridgehead atoms. The summed E-state index contributed by atoms with van der Waals surface area (Å²) in [6, 6.07) is 11.4. The lowest BCUT2D eigenvalue weighted by Crippen LogP contribution is -2.25. The zero-order chi connectivity index (χ0) is 17.9. The van der Waals surface area contributed by atoms with Crippen molar-refractivity contribution in [2.24, 2.45) is 5.92 Å². The second-order valence-corrected chi connectivity index (χ2v) is 6.29. The molecule has 0 spiro atoms. The topological polar surface area (TPSA) is 92.8 Å². The minimum atomic E-state index is 0.0168. The van der Waals surface area contributed by atoms with Gasteiger partial charge in [-0.25, -0.2) is 4.98 Å². The SMILES string of the molecule is COc1ccc(-c2n[nH]c(CNC(=O)[C@H]3C[C@H]3c3cccnc3)n2)cc1. The molecule has 4 rings (SSSR count). The summed E-state index contributed by atoms with van der Waals surface area (Å²) in [5.41, 5.74) is 2.01. The van der Waals surface area contributed by atoms with Gasteiger partial charge in [-0.3, -0.25) is 14.9 Å². The van der Waals surface area contributed by atoms with Crippen molar-refractivity contribution < 1.29 is 9.53 Å². The summed E-state index contributed by atoms with van der Waals surface area (Å²) in [5, 5.41) is 10.0. The molecule has 2 N–H and O–H groups in total. The van der Waals surface area contributed by atoms with Crippen molar-refractivity contribution in [3.8, 4) is 17.1 Å². The first-order chi connectivity index (χ1) is 12.7. The Morgan fingerprint density at radius 3 is 2.88 bits per heavy atom. The molecule has 26 heavy (non-hydrogen) atoms. The number of aromatic amines is 1. The Kier molecular flexibility index (Phi) is 4.35. The molecule has 2 heterocycles. The third kappa shape index (κ3) is 3.42. The zero-order valence-corrected chi connectivity index (χ0v) is 14.3. The molecule has 2 atom stereocenters. The van der Waals surface area contributed by atoms with Crippen LogP contribution >= 0.6 is 0 Å². The molecule has 7 heteroatoms. The predicted octanol–water partition coefficient (Wildman–Crippen LogP) is 2.30. The van der Waals surface area contributed by atoms with E-state index in [0.717, 1.165) is 23.3 Å². The van der Waals surface area contributed by atoms with Crippen molar-refractivity contribution in [3.05, 3.63) is 60.2 Å². The van der Waals surface area contributed by atoms with Gasteiger partial charge >= 0.3 is 0 Å². The summed E-state index contributed by atoms with van der Waals surface area (Å²) in [5.74, 6) is 2.33. The lowest BCUT2D eigenvalue weighted by atomic mass is 10.1. The molecular weight excluding hydrogens is 330 g/mol. The van der Waals surface area contributed by atoms with Gasteiger partial charge < -0.3 is 10.1 Å². The summed E-state index contributed by atoms with van der Waals surface area (Å²) >= 11 is 0. The van der Waals surface area contributed by atoms with Crippen molar-refractivity contribution >= 4 is 5.91 Å². The van der Waals surface area contributed by atoms with Gasteiger partial charge in [-0.05, 0) is 48.2 Å². The minimum absolute atomic E-state index is 0.0168. The van der Waals surface area contributed by atoms with Gasteiger partial charge in [-0.15, -0.1) is 0 Å². The Hall–Kier alpha value is -3.22. The molecule has 1 aliphatic carbocycles. The number of aromatic nitrogens is 4. The molecule has 3 aromatic rings. The number of rotatable bonds is 6. The number of methoxy groups -OCH3 is 1. The molecule has 1 fully saturated rings. The molecule has 1 amide bonds. The number of nitrogens with zero attached hydrogens (tertiary/aromatic N) is 3. The maximum absolute atomic E-state index is 12.3. The third-order valence-corrected chi connectivity index (χ3v) is 4.55. The summed E-state index contributed by atoms with van der Waals surface area (Å²) in [6.45, 7) is 0.332. The molecule has 0 aliphatic heterocycles. The molecule has 0 radical (unpaired) electrons. The molecule has 1 aliphatic rings. The van der Waals surface area contributed by atoms with E-state index in [2.05, 4.69) is 25.5 Å². The number of carbonyl (C=O) groups excluding carboxylic acids is 1. The van der Waals surface area contributed by atoms with Gasteiger partial charge in [-0.2, -0.15) is 5.10 Å². The number of carbonyl (C=O) groups is 1. The lowest BCUT2D eigenvalue weighted by Gasteiger charge is -2.02. The van der Waals surface area contributed by atoms with Crippen LogP contribution in [0.4, 0.5) is 0 Å². The van der Waals surface area contributed by atoms with Crippen LogP contribution in [0.2, 0.25) is 0 Å². The van der Waals surface area contributed by atoms with Crippen LogP contribution in [0, 0.1) is 5.92 Å². The Morgan fingerprint density at radius 1 is 1.31 bits per heavy atom. The maximum Gasteiger partial charge on any atom is 0.224 e. The fourth-order valence-electron chi connectivity index (χ4n) is 2.99. The summed E-state index contributed by atoms with van der Waals surface area (Å²) in [7, 11) is 1.63. The van der Waals surface area contributed by atoms with Crippen LogP contribution in [0.25, 0.3) is 11.4 Å². The molecule has 1 aromatic carbocycles. The smallest absolute Gasteiger partial charge is 0.224 e. The average Bonchev–Trinajstić information content (AvgIpc) is 3.37. The van der Waals surface area contributed by atoms with Gasteiger partial charge in [0.1, 0.15) is 11.6 Å². The highest BCUT2D eigenvalue weighted by Crippen LogP contribution is 2.47. The minimum Gasteiger partial charge on any atom is -0.497 e. The predicted molar refractivity (Wildman–Crippen MR) is 95.3 cm³/mol. The highest BCUT2D eigenvalue weighted by atomic mass is 16.5. The van der Waals surface area contributed by atoms with Crippen molar-refractivity contribution in [2.75, 3.05) is 7.11 Å². The van der Waals surface area contributed by atoms with E-state index in [1.807, 2.05) is 42.6 Å². The van der Waals surface area contributed by atoms with Crippen molar-refractivity contribution in [1.29, 1.82) is 0 Å². The first-order valence-electron chi connectivity index (χ1n) is 8.48. The Bertz CT molecular complexity index is 892.